The first-order valence-corrected chi connectivity index (χ1v) is 13.3. The lowest BCUT2D eigenvalue weighted by Gasteiger charge is -2.23. The third-order valence-corrected chi connectivity index (χ3v) is 8.79. The minimum absolute atomic E-state index is 0.265. The Morgan fingerprint density at radius 2 is 1.75 bits per heavy atom. The minimum atomic E-state index is -3.67. The Labute approximate surface area is 191 Å². The third-order valence-electron chi connectivity index (χ3n) is 7.11. The van der Waals surface area contributed by atoms with Crippen molar-refractivity contribution in [3.05, 3.63) is 60.3 Å². The van der Waals surface area contributed by atoms with E-state index in [-0.39, 0.29) is 6.10 Å². The number of aromatic nitrogens is 1. The van der Waals surface area contributed by atoms with E-state index in [9.17, 15) is 8.42 Å². The highest BCUT2D eigenvalue weighted by Gasteiger charge is 2.26. The van der Waals surface area contributed by atoms with Gasteiger partial charge in [0.2, 0.25) is 0 Å². The normalized spacial score (nSPS) is 20.7. The van der Waals surface area contributed by atoms with Gasteiger partial charge in [-0.1, -0.05) is 24.6 Å². The fourth-order valence-electron chi connectivity index (χ4n) is 5.25. The summed E-state index contributed by atoms with van der Waals surface area (Å²) in [6.07, 6.45) is 11.2. The van der Waals surface area contributed by atoms with Crippen molar-refractivity contribution < 1.29 is 13.2 Å². The predicted octanol–water partition coefficient (Wildman–Crippen LogP) is 5.23. The van der Waals surface area contributed by atoms with Gasteiger partial charge in [-0.15, -0.1) is 0 Å². The molecule has 2 fully saturated rings. The van der Waals surface area contributed by atoms with Crippen molar-refractivity contribution >= 4 is 20.9 Å². The molecule has 2 heterocycles. The number of hydrogen-bond donors (Lipinski definition) is 0. The molecule has 0 amide bonds. The molecule has 32 heavy (non-hydrogen) atoms. The van der Waals surface area contributed by atoms with Gasteiger partial charge in [0.25, 0.3) is 10.0 Å². The lowest BCUT2D eigenvalue weighted by Crippen LogP contribution is -2.26. The molecule has 0 spiro atoms. The summed E-state index contributed by atoms with van der Waals surface area (Å²) in [7, 11) is -1.51. The number of rotatable bonds is 6. The Morgan fingerprint density at radius 3 is 2.47 bits per heavy atom. The van der Waals surface area contributed by atoms with Crippen molar-refractivity contribution in [2.75, 3.05) is 13.6 Å². The van der Waals surface area contributed by atoms with Gasteiger partial charge in [-0.05, 0) is 94.4 Å². The van der Waals surface area contributed by atoms with Gasteiger partial charge in [0.15, 0.2) is 0 Å². The van der Waals surface area contributed by atoms with E-state index in [0.29, 0.717) is 10.9 Å². The second-order valence-electron chi connectivity index (χ2n) is 9.31. The Balaban J connectivity index is 1.56. The summed E-state index contributed by atoms with van der Waals surface area (Å²) in [4.78, 5) is 2.70. The summed E-state index contributed by atoms with van der Waals surface area (Å²) in [6.45, 7) is 1.10. The van der Waals surface area contributed by atoms with Gasteiger partial charge in [-0.2, -0.15) is 0 Å². The highest BCUT2D eigenvalue weighted by Crippen LogP contribution is 2.33. The molecule has 5 nitrogen and oxygen atoms in total. The zero-order chi connectivity index (χ0) is 22.1. The summed E-state index contributed by atoms with van der Waals surface area (Å²) < 4.78 is 34.8. The van der Waals surface area contributed by atoms with Crippen molar-refractivity contribution in [2.24, 2.45) is 0 Å². The summed E-state index contributed by atoms with van der Waals surface area (Å²) in [6, 6.07) is 15.0. The zero-order valence-corrected chi connectivity index (χ0v) is 19.6. The van der Waals surface area contributed by atoms with Gasteiger partial charge in [-0.25, -0.2) is 12.4 Å². The number of ether oxygens (including phenoxy) is 1. The first-order valence-electron chi connectivity index (χ1n) is 11.8. The van der Waals surface area contributed by atoms with E-state index in [2.05, 4.69) is 18.0 Å². The lowest BCUT2D eigenvalue weighted by molar-refractivity contribution is 0.155. The largest absolute Gasteiger partial charge is 0.490 e. The van der Waals surface area contributed by atoms with Crippen molar-refractivity contribution in [1.82, 2.24) is 8.87 Å². The number of hydrogen-bond acceptors (Lipinski definition) is 4. The van der Waals surface area contributed by atoms with E-state index >= 15 is 0 Å². The molecule has 170 valence electrons. The van der Waals surface area contributed by atoms with Gasteiger partial charge in [0.1, 0.15) is 5.75 Å². The lowest BCUT2D eigenvalue weighted by atomic mass is 9.98. The number of likely N-dealkylation sites (tertiary alicyclic amines) is 1. The molecule has 1 unspecified atom stereocenters. The van der Waals surface area contributed by atoms with Gasteiger partial charge in [0, 0.05) is 17.6 Å². The topological polar surface area (TPSA) is 51.5 Å². The van der Waals surface area contributed by atoms with Crippen LogP contribution in [0.2, 0.25) is 0 Å². The highest BCUT2D eigenvalue weighted by atomic mass is 32.2. The Hall–Kier alpha value is -2.31. The predicted molar refractivity (Wildman–Crippen MR) is 128 cm³/mol. The molecule has 1 saturated heterocycles. The summed E-state index contributed by atoms with van der Waals surface area (Å²) in [5.74, 6) is 0.847. The quantitative estimate of drug-likeness (QED) is 0.514. The SMILES string of the molecule is CN1CCCC1Cc1cn(S(=O)(=O)c2ccccc2)c2ccc(OC3CCCCC3)cc12. The zero-order valence-electron chi connectivity index (χ0n) is 18.7. The van der Waals surface area contributed by atoms with Crippen LogP contribution in [-0.2, 0) is 16.4 Å². The second-order valence-corrected chi connectivity index (χ2v) is 11.1. The standard InChI is InChI=1S/C26H32N2O3S/c1-27-16-8-9-21(27)17-20-19-28(32(29,30)24-12-6-3-7-13-24)26-15-14-23(18-25(20)26)31-22-10-4-2-5-11-22/h3,6-7,12-15,18-19,21-22H,2,4-5,8-11,16-17H2,1H3. The fraction of sp³-hybridized carbons (Fsp3) is 0.462. The van der Waals surface area contributed by atoms with Crippen LogP contribution in [0.25, 0.3) is 10.9 Å². The van der Waals surface area contributed by atoms with Crippen LogP contribution >= 0.6 is 0 Å². The van der Waals surface area contributed by atoms with Gasteiger partial charge in [0.05, 0.1) is 16.5 Å². The van der Waals surface area contributed by atoms with Gasteiger partial charge < -0.3 is 9.64 Å². The van der Waals surface area contributed by atoms with Crippen LogP contribution < -0.4 is 4.74 Å². The Kier molecular flexibility index (Phi) is 5.99. The first kappa shape index (κ1) is 21.5. The average Bonchev–Trinajstić information content (AvgIpc) is 3.39. The molecule has 1 atom stereocenters. The van der Waals surface area contributed by atoms with E-state index in [0.717, 1.165) is 54.4 Å². The van der Waals surface area contributed by atoms with Crippen molar-refractivity contribution in [1.29, 1.82) is 0 Å². The molecule has 5 rings (SSSR count). The molecule has 2 aromatic carbocycles. The van der Waals surface area contributed by atoms with E-state index in [1.165, 1.54) is 29.7 Å². The van der Waals surface area contributed by atoms with Crippen molar-refractivity contribution in [3.8, 4) is 5.75 Å². The van der Waals surface area contributed by atoms with Crippen LogP contribution in [0.15, 0.2) is 59.6 Å². The maximum absolute atomic E-state index is 13.5. The first-order chi connectivity index (χ1) is 15.5. The molecule has 1 aliphatic heterocycles. The fourth-order valence-corrected chi connectivity index (χ4v) is 6.66. The summed E-state index contributed by atoms with van der Waals surface area (Å²) in [5, 5.41) is 0.984. The van der Waals surface area contributed by atoms with Crippen LogP contribution in [0.5, 0.6) is 5.75 Å². The van der Waals surface area contributed by atoms with Crippen LogP contribution in [0, 0.1) is 0 Å². The number of fused-ring (bicyclic) bond motifs is 1. The van der Waals surface area contributed by atoms with Gasteiger partial charge >= 0.3 is 0 Å². The highest BCUT2D eigenvalue weighted by molar-refractivity contribution is 7.90. The van der Waals surface area contributed by atoms with Crippen LogP contribution in [0.3, 0.4) is 0 Å². The van der Waals surface area contributed by atoms with Gasteiger partial charge in [-0.3, -0.25) is 0 Å². The molecule has 6 heteroatoms. The van der Waals surface area contributed by atoms with E-state index < -0.39 is 10.0 Å². The average molecular weight is 453 g/mol. The molecule has 0 radical (unpaired) electrons. The number of likely N-dealkylation sites (N-methyl/N-ethyl adjacent to an activating group) is 1. The molecule has 0 N–H and O–H groups in total. The van der Waals surface area contributed by atoms with Crippen molar-refractivity contribution in [3.63, 3.8) is 0 Å². The van der Waals surface area contributed by atoms with Crippen LogP contribution in [0.4, 0.5) is 0 Å². The maximum atomic E-state index is 13.5. The Morgan fingerprint density at radius 1 is 0.969 bits per heavy atom. The van der Waals surface area contributed by atoms with E-state index in [4.69, 9.17) is 4.74 Å². The molecule has 0 bridgehead atoms. The monoisotopic (exact) mass is 452 g/mol. The molecule has 1 aliphatic carbocycles. The molecule has 1 saturated carbocycles. The molecular weight excluding hydrogens is 420 g/mol. The second kappa shape index (κ2) is 8.91. The molecule has 1 aromatic heterocycles. The third kappa shape index (κ3) is 4.18. The Bertz CT molecular complexity index is 1180. The van der Waals surface area contributed by atoms with Crippen LogP contribution in [-0.4, -0.2) is 43.0 Å². The summed E-state index contributed by atoms with van der Waals surface area (Å²) in [5.41, 5.74) is 1.80. The number of benzene rings is 2. The van der Waals surface area contributed by atoms with E-state index in [1.807, 2.05) is 24.4 Å². The minimum Gasteiger partial charge on any atom is -0.490 e. The summed E-state index contributed by atoms with van der Waals surface area (Å²) >= 11 is 0. The molecule has 2 aliphatic rings. The maximum Gasteiger partial charge on any atom is 0.268 e. The smallest absolute Gasteiger partial charge is 0.268 e. The molecule has 3 aromatic rings. The van der Waals surface area contributed by atoms with E-state index in [1.54, 1.807) is 24.3 Å². The van der Waals surface area contributed by atoms with Crippen molar-refractivity contribution in [2.45, 2.75) is 68.4 Å². The van der Waals surface area contributed by atoms with Crippen LogP contribution in [0.1, 0.15) is 50.5 Å². The molecular formula is C26H32N2O3S. The number of nitrogens with zero attached hydrogens (tertiary/aromatic N) is 2.